The van der Waals surface area contributed by atoms with Gasteiger partial charge in [0.15, 0.2) is 0 Å². The van der Waals surface area contributed by atoms with Gasteiger partial charge in [0.25, 0.3) is 5.91 Å². The highest BCUT2D eigenvalue weighted by Gasteiger charge is 2.33. The number of hydrogen-bond donors (Lipinski definition) is 1. The van der Waals surface area contributed by atoms with Crippen molar-refractivity contribution in [2.75, 3.05) is 25.1 Å². The Morgan fingerprint density at radius 3 is 2.33 bits per heavy atom. The van der Waals surface area contributed by atoms with Gasteiger partial charge < -0.3 is 19.5 Å². The van der Waals surface area contributed by atoms with Crippen LogP contribution in [0.5, 0.6) is 5.75 Å². The van der Waals surface area contributed by atoms with Crippen molar-refractivity contribution in [1.29, 1.82) is 0 Å². The third-order valence-electron chi connectivity index (χ3n) is 4.03. The molecule has 152 valence electrons. The number of nitrogens with one attached hydrogen (secondary N) is 1. The van der Waals surface area contributed by atoms with Crippen molar-refractivity contribution in [2.24, 2.45) is 0 Å². The zero-order valence-corrected chi connectivity index (χ0v) is 17.2. The highest BCUT2D eigenvalue weighted by molar-refractivity contribution is 5.99. The molecule has 0 unspecified atom stereocenters. The average molecular weight is 379 g/mol. The summed E-state index contributed by atoms with van der Waals surface area (Å²) in [6.45, 7) is 10.8. The van der Waals surface area contributed by atoms with Crippen LogP contribution in [-0.2, 0) is 14.3 Å². The van der Waals surface area contributed by atoms with Crippen molar-refractivity contribution >= 4 is 17.6 Å². The molecule has 6 nitrogen and oxygen atoms in total. The molecule has 0 saturated heterocycles. The Morgan fingerprint density at radius 1 is 1.04 bits per heavy atom. The van der Waals surface area contributed by atoms with E-state index in [4.69, 9.17) is 14.2 Å². The number of esters is 1. The van der Waals surface area contributed by atoms with E-state index in [-0.39, 0.29) is 12.5 Å². The number of hydrogen-bond acceptors (Lipinski definition) is 5. The van der Waals surface area contributed by atoms with Crippen LogP contribution in [0.15, 0.2) is 18.2 Å². The summed E-state index contributed by atoms with van der Waals surface area (Å²) in [4.78, 5) is 25.1. The molecule has 1 amide bonds. The van der Waals surface area contributed by atoms with E-state index in [2.05, 4.69) is 5.32 Å². The molecule has 0 aromatic heterocycles. The number of ether oxygens (including phenoxy) is 3. The summed E-state index contributed by atoms with van der Waals surface area (Å²) in [5, 5.41) is 2.87. The van der Waals surface area contributed by atoms with E-state index >= 15 is 0 Å². The van der Waals surface area contributed by atoms with Crippen molar-refractivity contribution < 1.29 is 23.8 Å². The Morgan fingerprint density at radius 2 is 1.74 bits per heavy atom. The zero-order chi connectivity index (χ0) is 20.3. The van der Waals surface area contributed by atoms with Crippen LogP contribution in [0.25, 0.3) is 0 Å². The molecule has 0 fully saturated rings. The van der Waals surface area contributed by atoms with Gasteiger partial charge in [0.05, 0.1) is 13.2 Å². The third-order valence-corrected chi connectivity index (χ3v) is 4.03. The van der Waals surface area contributed by atoms with Crippen LogP contribution in [-0.4, -0.2) is 37.3 Å². The molecule has 1 atom stereocenters. The maximum absolute atomic E-state index is 12.8. The first kappa shape index (κ1) is 23.0. The summed E-state index contributed by atoms with van der Waals surface area (Å²) in [6, 6.07) is 4.99. The fourth-order valence-electron chi connectivity index (χ4n) is 2.63. The van der Waals surface area contributed by atoms with Gasteiger partial charge in [0.2, 0.25) is 0 Å². The van der Waals surface area contributed by atoms with Gasteiger partial charge >= 0.3 is 5.97 Å². The Balaban J connectivity index is 3.05. The highest BCUT2D eigenvalue weighted by atomic mass is 16.5. The van der Waals surface area contributed by atoms with Gasteiger partial charge in [-0.3, -0.25) is 4.79 Å². The number of benzene rings is 1. The van der Waals surface area contributed by atoms with Gasteiger partial charge in [-0.25, -0.2) is 4.79 Å². The maximum atomic E-state index is 12.8. The summed E-state index contributed by atoms with van der Waals surface area (Å²) in [5.41, 5.74) is -0.101. The van der Waals surface area contributed by atoms with Crippen LogP contribution in [0.3, 0.4) is 0 Å². The second kappa shape index (κ2) is 11.6. The van der Waals surface area contributed by atoms with Crippen molar-refractivity contribution in [1.82, 2.24) is 0 Å². The van der Waals surface area contributed by atoms with Crippen molar-refractivity contribution in [3.05, 3.63) is 23.8 Å². The summed E-state index contributed by atoms with van der Waals surface area (Å²) >= 11 is 0. The summed E-state index contributed by atoms with van der Waals surface area (Å²) in [5.74, 6) is -0.250. The minimum atomic E-state index is -0.910. The number of carbonyl (C=O) groups is 2. The molecular formula is C21H33NO5. The van der Waals surface area contributed by atoms with E-state index in [0.29, 0.717) is 36.6 Å². The van der Waals surface area contributed by atoms with Gasteiger partial charge in [-0.1, -0.05) is 27.2 Å². The number of anilines is 1. The average Bonchev–Trinajstić information content (AvgIpc) is 2.65. The van der Waals surface area contributed by atoms with Gasteiger partial charge in [0, 0.05) is 12.3 Å². The van der Waals surface area contributed by atoms with Crippen LogP contribution in [0.2, 0.25) is 0 Å². The predicted octanol–water partition coefficient (Wildman–Crippen LogP) is 4.58. The van der Waals surface area contributed by atoms with Crippen LogP contribution < -0.4 is 10.1 Å². The normalized spacial score (nSPS) is 12.9. The highest BCUT2D eigenvalue weighted by Crippen LogP contribution is 2.26. The molecular weight excluding hydrogens is 346 g/mol. The molecule has 0 spiro atoms. The zero-order valence-electron chi connectivity index (χ0n) is 17.2. The fraction of sp³-hybridized carbons (Fsp3) is 0.619. The van der Waals surface area contributed by atoms with Gasteiger partial charge in [0.1, 0.15) is 16.9 Å². The first-order valence-corrected chi connectivity index (χ1v) is 9.81. The lowest BCUT2D eigenvalue weighted by atomic mass is 9.98. The van der Waals surface area contributed by atoms with Crippen molar-refractivity contribution in [3.63, 3.8) is 0 Å². The molecule has 0 bridgehead atoms. The number of carbonyl (C=O) groups excluding carboxylic acids is 2. The molecule has 0 radical (unpaired) electrons. The second-order valence-electron chi connectivity index (χ2n) is 6.56. The third kappa shape index (κ3) is 6.86. The molecule has 27 heavy (non-hydrogen) atoms. The van der Waals surface area contributed by atoms with Crippen LogP contribution >= 0.6 is 0 Å². The topological polar surface area (TPSA) is 73.9 Å². The lowest BCUT2D eigenvalue weighted by Gasteiger charge is -2.28. The Hall–Kier alpha value is -2.08. The molecule has 0 aliphatic heterocycles. The minimum absolute atomic E-state index is 0.227. The maximum Gasteiger partial charge on any atom is 0.341 e. The summed E-state index contributed by atoms with van der Waals surface area (Å²) in [7, 11) is 0. The standard InChI is InChI=1S/C21H33NO5/c1-6-12-21(5,27-14-8-3)20(24)22-16-10-11-18(26-13-7-2)17(15-16)19(23)25-9-4/h10-11,15H,6-9,12-14H2,1-5H3,(H,22,24)/t21-/m0/s1. The quantitative estimate of drug-likeness (QED) is 0.538. The predicted molar refractivity (Wildman–Crippen MR) is 106 cm³/mol. The fourth-order valence-corrected chi connectivity index (χ4v) is 2.63. The Bertz CT molecular complexity index is 617. The smallest absolute Gasteiger partial charge is 0.341 e. The largest absolute Gasteiger partial charge is 0.493 e. The van der Waals surface area contributed by atoms with E-state index in [1.165, 1.54) is 0 Å². The Labute approximate surface area is 162 Å². The SMILES string of the molecule is CCCOc1ccc(NC(=O)[C@](C)(CCC)OCCC)cc1C(=O)OCC. The van der Waals surface area contributed by atoms with E-state index in [1.807, 2.05) is 20.8 Å². The molecule has 0 aliphatic rings. The van der Waals surface area contributed by atoms with E-state index in [1.54, 1.807) is 32.0 Å². The first-order chi connectivity index (χ1) is 12.9. The second-order valence-corrected chi connectivity index (χ2v) is 6.56. The van der Waals surface area contributed by atoms with E-state index in [9.17, 15) is 9.59 Å². The number of rotatable bonds is 12. The number of amides is 1. The molecule has 1 rings (SSSR count). The monoisotopic (exact) mass is 379 g/mol. The molecule has 1 aromatic rings. The van der Waals surface area contributed by atoms with E-state index in [0.717, 1.165) is 19.3 Å². The molecule has 6 heteroatoms. The molecule has 1 aromatic carbocycles. The lowest BCUT2D eigenvalue weighted by molar-refractivity contribution is -0.140. The summed E-state index contributed by atoms with van der Waals surface area (Å²) < 4.78 is 16.6. The van der Waals surface area contributed by atoms with Gasteiger partial charge in [-0.2, -0.15) is 0 Å². The molecule has 1 N–H and O–H groups in total. The molecule has 0 saturated carbocycles. The minimum Gasteiger partial charge on any atom is -0.493 e. The van der Waals surface area contributed by atoms with Gasteiger partial charge in [-0.05, 0) is 51.3 Å². The Kier molecular flexibility index (Phi) is 9.86. The summed E-state index contributed by atoms with van der Waals surface area (Å²) in [6.07, 6.45) is 3.10. The van der Waals surface area contributed by atoms with Gasteiger partial charge in [-0.15, -0.1) is 0 Å². The van der Waals surface area contributed by atoms with Crippen molar-refractivity contribution in [3.8, 4) is 5.75 Å². The van der Waals surface area contributed by atoms with Crippen LogP contribution in [0, 0.1) is 0 Å². The van der Waals surface area contributed by atoms with Crippen LogP contribution in [0.1, 0.15) is 70.7 Å². The van der Waals surface area contributed by atoms with Crippen LogP contribution in [0.4, 0.5) is 5.69 Å². The van der Waals surface area contributed by atoms with Crippen molar-refractivity contribution in [2.45, 2.75) is 65.9 Å². The first-order valence-electron chi connectivity index (χ1n) is 9.81. The molecule has 0 aliphatic carbocycles. The molecule has 0 heterocycles. The van der Waals surface area contributed by atoms with E-state index < -0.39 is 11.6 Å². The lowest BCUT2D eigenvalue weighted by Crippen LogP contribution is -2.43.